The molecule has 0 aromatic carbocycles. The van der Waals surface area contributed by atoms with Gasteiger partial charge in [-0.15, -0.1) is 0 Å². The van der Waals surface area contributed by atoms with E-state index in [-0.39, 0.29) is 12.1 Å². The van der Waals surface area contributed by atoms with E-state index >= 15 is 0 Å². The van der Waals surface area contributed by atoms with Crippen LogP contribution in [0.1, 0.15) is 26.2 Å². The number of aliphatic hydroxyl groups is 1. The van der Waals surface area contributed by atoms with Crippen LogP contribution in [-0.2, 0) is 0 Å². The van der Waals surface area contributed by atoms with Gasteiger partial charge < -0.3 is 10.8 Å². The molecule has 9 heavy (non-hydrogen) atoms. The molecule has 1 saturated carbocycles. The third-order valence-corrected chi connectivity index (χ3v) is 2.12. The van der Waals surface area contributed by atoms with Crippen LogP contribution in [0.25, 0.3) is 0 Å². The predicted molar refractivity (Wildman–Crippen MR) is 37.0 cm³/mol. The molecule has 0 aliphatic heterocycles. The van der Waals surface area contributed by atoms with Crippen molar-refractivity contribution in [3.8, 4) is 0 Å². The Bertz CT molecular complexity index is 94.9. The number of aliphatic hydroxyl groups excluding tert-OH is 1. The molecule has 0 unspecified atom stereocenters. The second-order valence-electron chi connectivity index (χ2n) is 3.15. The van der Waals surface area contributed by atoms with E-state index in [0.29, 0.717) is 5.92 Å². The fraction of sp³-hybridized carbons (Fsp3) is 1.00. The van der Waals surface area contributed by atoms with Crippen molar-refractivity contribution in [2.75, 3.05) is 0 Å². The van der Waals surface area contributed by atoms with Gasteiger partial charge in [-0.25, -0.2) is 0 Å². The van der Waals surface area contributed by atoms with Crippen LogP contribution in [0.4, 0.5) is 0 Å². The molecule has 0 aromatic heterocycles. The molecule has 54 valence electrons. The molecule has 1 aliphatic rings. The molecular weight excluding hydrogens is 114 g/mol. The second-order valence-corrected chi connectivity index (χ2v) is 3.15. The van der Waals surface area contributed by atoms with E-state index in [1.165, 1.54) is 0 Å². The van der Waals surface area contributed by atoms with Gasteiger partial charge in [0.2, 0.25) is 0 Å². The lowest BCUT2D eigenvalue weighted by Crippen LogP contribution is -2.39. The van der Waals surface area contributed by atoms with Gasteiger partial charge in [0.25, 0.3) is 0 Å². The maximum Gasteiger partial charge on any atom is 0.0691 e. The van der Waals surface area contributed by atoms with Crippen molar-refractivity contribution in [1.29, 1.82) is 0 Å². The van der Waals surface area contributed by atoms with Gasteiger partial charge in [-0.1, -0.05) is 6.92 Å². The maximum absolute atomic E-state index is 9.17. The van der Waals surface area contributed by atoms with E-state index < -0.39 is 0 Å². The van der Waals surface area contributed by atoms with Gasteiger partial charge in [-0.3, -0.25) is 0 Å². The smallest absolute Gasteiger partial charge is 0.0691 e. The van der Waals surface area contributed by atoms with E-state index in [2.05, 4.69) is 6.92 Å². The quantitative estimate of drug-likeness (QED) is 0.500. The van der Waals surface area contributed by atoms with Crippen LogP contribution >= 0.6 is 0 Å². The van der Waals surface area contributed by atoms with Gasteiger partial charge in [-0.05, 0) is 25.2 Å². The second kappa shape index (κ2) is 2.67. The molecule has 0 spiro atoms. The molecule has 1 rings (SSSR count). The maximum atomic E-state index is 9.17. The van der Waals surface area contributed by atoms with E-state index in [1.807, 2.05) is 0 Å². The molecule has 1 aliphatic carbocycles. The van der Waals surface area contributed by atoms with E-state index in [9.17, 15) is 5.11 Å². The summed E-state index contributed by atoms with van der Waals surface area (Å²) in [5, 5.41) is 9.17. The van der Waals surface area contributed by atoms with E-state index in [4.69, 9.17) is 5.73 Å². The minimum Gasteiger partial charge on any atom is -0.392 e. The van der Waals surface area contributed by atoms with Gasteiger partial charge in [0.05, 0.1) is 6.10 Å². The Balaban J connectivity index is 2.35. The highest BCUT2D eigenvalue weighted by atomic mass is 16.3. The molecular formula is C7H15NO. The number of rotatable bonds is 0. The molecule has 0 bridgehead atoms. The fourth-order valence-electron chi connectivity index (χ4n) is 1.41. The van der Waals surface area contributed by atoms with E-state index in [0.717, 1.165) is 19.3 Å². The molecule has 2 heteroatoms. The summed E-state index contributed by atoms with van der Waals surface area (Å²) in [6.07, 6.45) is 2.78. The zero-order chi connectivity index (χ0) is 6.85. The van der Waals surface area contributed by atoms with Gasteiger partial charge in [-0.2, -0.15) is 0 Å². The van der Waals surface area contributed by atoms with Crippen molar-refractivity contribution in [3.63, 3.8) is 0 Å². The lowest BCUT2D eigenvalue weighted by Gasteiger charge is -2.28. The van der Waals surface area contributed by atoms with Crippen molar-refractivity contribution in [2.24, 2.45) is 11.7 Å². The van der Waals surface area contributed by atoms with Crippen LogP contribution in [0.3, 0.4) is 0 Å². The summed E-state index contributed by atoms with van der Waals surface area (Å²) in [4.78, 5) is 0. The highest BCUT2D eigenvalue weighted by molar-refractivity contribution is 4.79. The Labute approximate surface area is 56.1 Å². The van der Waals surface area contributed by atoms with Crippen LogP contribution in [0.2, 0.25) is 0 Å². The molecule has 0 heterocycles. The van der Waals surface area contributed by atoms with Crippen LogP contribution in [0.15, 0.2) is 0 Å². The first-order valence-electron chi connectivity index (χ1n) is 3.64. The van der Waals surface area contributed by atoms with Crippen LogP contribution in [0.5, 0.6) is 0 Å². The molecule has 0 amide bonds. The molecule has 3 N–H and O–H groups in total. The monoisotopic (exact) mass is 129 g/mol. The molecule has 0 radical (unpaired) electrons. The Morgan fingerprint density at radius 1 is 1.44 bits per heavy atom. The van der Waals surface area contributed by atoms with Crippen LogP contribution in [-0.4, -0.2) is 17.3 Å². The summed E-state index contributed by atoms with van der Waals surface area (Å²) in [6, 6.07) is 0.0359. The van der Waals surface area contributed by atoms with Crippen molar-refractivity contribution < 1.29 is 5.11 Å². The summed E-state index contributed by atoms with van der Waals surface area (Å²) >= 11 is 0. The lowest BCUT2D eigenvalue weighted by molar-refractivity contribution is 0.0906. The zero-order valence-electron chi connectivity index (χ0n) is 5.88. The van der Waals surface area contributed by atoms with Crippen molar-refractivity contribution in [2.45, 2.75) is 38.3 Å². The summed E-state index contributed by atoms with van der Waals surface area (Å²) in [7, 11) is 0. The number of nitrogens with two attached hydrogens (primary N) is 1. The predicted octanol–water partition coefficient (Wildman–Crippen LogP) is 0.495. The van der Waals surface area contributed by atoms with Crippen LogP contribution in [0, 0.1) is 5.92 Å². The fourth-order valence-corrected chi connectivity index (χ4v) is 1.41. The topological polar surface area (TPSA) is 46.2 Å². The first kappa shape index (κ1) is 7.03. The largest absolute Gasteiger partial charge is 0.392 e. The van der Waals surface area contributed by atoms with Gasteiger partial charge >= 0.3 is 0 Å². The normalized spacial score (nSPS) is 45.0. The molecule has 2 nitrogen and oxygen atoms in total. The average Bonchev–Trinajstić information content (AvgIpc) is 1.80. The summed E-state index contributed by atoms with van der Waals surface area (Å²) in [5.74, 6) is 0.711. The number of hydrogen-bond donors (Lipinski definition) is 2. The Hall–Kier alpha value is -0.0800. The van der Waals surface area contributed by atoms with Gasteiger partial charge in [0.1, 0.15) is 0 Å². The minimum absolute atomic E-state index is 0.0359. The van der Waals surface area contributed by atoms with Gasteiger partial charge in [0, 0.05) is 6.04 Å². The molecule has 3 atom stereocenters. The lowest BCUT2D eigenvalue weighted by atomic mass is 9.86. The molecule has 0 saturated heterocycles. The van der Waals surface area contributed by atoms with Crippen molar-refractivity contribution in [3.05, 3.63) is 0 Å². The highest BCUT2D eigenvalue weighted by Gasteiger charge is 2.23. The minimum atomic E-state index is -0.235. The first-order chi connectivity index (χ1) is 4.20. The average molecular weight is 129 g/mol. The molecule has 0 aromatic rings. The zero-order valence-corrected chi connectivity index (χ0v) is 5.88. The third kappa shape index (κ3) is 1.66. The Morgan fingerprint density at radius 3 is 2.56 bits per heavy atom. The van der Waals surface area contributed by atoms with E-state index in [1.54, 1.807) is 0 Å². The Kier molecular flexibility index (Phi) is 2.09. The van der Waals surface area contributed by atoms with Gasteiger partial charge in [0.15, 0.2) is 0 Å². The first-order valence-corrected chi connectivity index (χ1v) is 3.64. The van der Waals surface area contributed by atoms with Crippen molar-refractivity contribution in [1.82, 2.24) is 0 Å². The SMILES string of the molecule is C[C@@H]1CC[C@H](O)[C@@H](N)C1. The summed E-state index contributed by atoms with van der Waals surface area (Å²) < 4.78 is 0. The number of hydrogen-bond acceptors (Lipinski definition) is 2. The van der Waals surface area contributed by atoms with Crippen LogP contribution < -0.4 is 5.73 Å². The van der Waals surface area contributed by atoms with Crippen molar-refractivity contribution >= 4 is 0 Å². The molecule has 1 fully saturated rings. The summed E-state index contributed by atoms with van der Waals surface area (Å²) in [5.41, 5.74) is 5.62. The summed E-state index contributed by atoms with van der Waals surface area (Å²) in [6.45, 7) is 2.19. The standard InChI is InChI=1S/C7H15NO/c1-5-2-3-7(9)6(8)4-5/h5-7,9H,2-4,8H2,1H3/t5-,6+,7+/m1/s1. The highest BCUT2D eigenvalue weighted by Crippen LogP contribution is 2.22. The Morgan fingerprint density at radius 2 is 2.11 bits per heavy atom. The third-order valence-electron chi connectivity index (χ3n) is 2.12.